The Morgan fingerprint density at radius 1 is 1.36 bits per heavy atom. The van der Waals surface area contributed by atoms with E-state index in [1.165, 1.54) is 0 Å². The molecule has 1 aliphatic rings. The number of carbonyl (C=O) groups excluding carboxylic acids is 1. The van der Waals surface area contributed by atoms with E-state index in [0.717, 1.165) is 4.90 Å². The minimum atomic E-state index is -0.344. The van der Waals surface area contributed by atoms with Crippen LogP contribution >= 0.6 is 12.6 Å². The molecule has 3 nitrogen and oxygen atoms in total. The van der Waals surface area contributed by atoms with Crippen molar-refractivity contribution in [1.29, 1.82) is 0 Å². The van der Waals surface area contributed by atoms with E-state index in [1.54, 1.807) is 29.2 Å². The number of rotatable bonds is 1. The van der Waals surface area contributed by atoms with Crippen LogP contribution in [0.25, 0.3) is 0 Å². The van der Waals surface area contributed by atoms with E-state index in [0.29, 0.717) is 18.7 Å². The molecule has 1 saturated heterocycles. The Bertz CT molecular complexity index is 344. The van der Waals surface area contributed by atoms with Gasteiger partial charge in [0.05, 0.1) is 6.10 Å². The minimum Gasteiger partial charge on any atom is -0.389 e. The summed E-state index contributed by atoms with van der Waals surface area (Å²) in [5.74, 6) is -0.0244. The first-order valence-electron chi connectivity index (χ1n) is 4.43. The fourth-order valence-electron chi connectivity index (χ4n) is 1.41. The Labute approximate surface area is 87.8 Å². The molecule has 0 saturated carbocycles. The van der Waals surface area contributed by atoms with Gasteiger partial charge in [0.1, 0.15) is 0 Å². The van der Waals surface area contributed by atoms with Crippen molar-refractivity contribution in [1.82, 2.24) is 4.90 Å². The quantitative estimate of drug-likeness (QED) is 0.671. The van der Waals surface area contributed by atoms with E-state index in [-0.39, 0.29) is 12.0 Å². The fourth-order valence-corrected chi connectivity index (χ4v) is 1.56. The zero-order valence-corrected chi connectivity index (χ0v) is 8.45. The number of aliphatic hydroxyl groups excluding tert-OH is 1. The van der Waals surface area contributed by atoms with Crippen molar-refractivity contribution in [2.45, 2.75) is 11.0 Å². The van der Waals surface area contributed by atoms with Crippen molar-refractivity contribution in [3.05, 3.63) is 29.8 Å². The summed E-state index contributed by atoms with van der Waals surface area (Å²) in [7, 11) is 0. The number of nitrogens with zero attached hydrogens (tertiary/aromatic N) is 1. The molecule has 0 unspecified atom stereocenters. The van der Waals surface area contributed by atoms with Crippen molar-refractivity contribution >= 4 is 18.5 Å². The zero-order valence-electron chi connectivity index (χ0n) is 7.55. The first-order valence-corrected chi connectivity index (χ1v) is 4.88. The maximum absolute atomic E-state index is 11.7. The number of thiol groups is 1. The number of amides is 1. The second kappa shape index (κ2) is 3.63. The van der Waals surface area contributed by atoms with Crippen LogP contribution in [0.4, 0.5) is 0 Å². The summed E-state index contributed by atoms with van der Waals surface area (Å²) in [4.78, 5) is 14.1. The van der Waals surface area contributed by atoms with Crippen molar-refractivity contribution < 1.29 is 9.90 Å². The smallest absolute Gasteiger partial charge is 0.254 e. The summed E-state index contributed by atoms with van der Waals surface area (Å²) in [6, 6.07) is 7.06. The topological polar surface area (TPSA) is 40.5 Å². The molecule has 0 aromatic heterocycles. The number of carbonyl (C=O) groups is 1. The number of β-amino-alcohol motifs (C(OH)–C–C–N with tert-alkyl or cyclic N) is 1. The molecule has 1 N–H and O–H groups in total. The molecule has 1 amide bonds. The molecule has 1 aromatic rings. The number of likely N-dealkylation sites (tertiary alicyclic amines) is 1. The summed E-state index contributed by atoms with van der Waals surface area (Å²) in [6.07, 6.45) is -0.344. The van der Waals surface area contributed by atoms with Crippen LogP contribution in [0, 0.1) is 0 Å². The van der Waals surface area contributed by atoms with Crippen molar-refractivity contribution in [3.63, 3.8) is 0 Å². The number of aliphatic hydroxyl groups is 1. The van der Waals surface area contributed by atoms with Gasteiger partial charge in [-0.3, -0.25) is 4.79 Å². The zero-order chi connectivity index (χ0) is 10.1. The van der Waals surface area contributed by atoms with Crippen LogP contribution in [0.1, 0.15) is 10.4 Å². The van der Waals surface area contributed by atoms with Crippen molar-refractivity contribution in [2.24, 2.45) is 0 Å². The van der Waals surface area contributed by atoms with Gasteiger partial charge in [-0.05, 0) is 24.3 Å². The second-order valence-electron chi connectivity index (χ2n) is 3.41. The summed E-state index contributed by atoms with van der Waals surface area (Å²) in [5, 5.41) is 9.05. The van der Waals surface area contributed by atoms with Gasteiger partial charge in [0.15, 0.2) is 0 Å². The molecule has 0 atom stereocenters. The molecule has 0 spiro atoms. The third-order valence-corrected chi connectivity index (χ3v) is 2.56. The molecule has 0 bridgehead atoms. The number of hydrogen-bond donors (Lipinski definition) is 2. The highest BCUT2D eigenvalue weighted by atomic mass is 32.1. The van der Waals surface area contributed by atoms with Crippen LogP contribution in [0.3, 0.4) is 0 Å². The Morgan fingerprint density at radius 2 is 1.93 bits per heavy atom. The molecule has 0 radical (unpaired) electrons. The van der Waals surface area contributed by atoms with Gasteiger partial charge in [0.25, 0.3) is 5.91 Å². The highest BCUT2D eigenvalue weighted by Crippen LogP contribution is 2.14. The molecule has 1 heterocycles. The van der Waals surface area contributed by atoms with Crippen LogP contribution < -0.4 is 0 Å². The summed E-state index contributed by atoms with van der Waals surface area (Å²) in [5.41, 5.74) is 0.648. The second-order valence-corrected chi connectivity index (χ2v) is 3.93. The Kier molecular flexibility index (Phi) is 2.48. The normalized spacial score (nSPS) is 16.6. The van der Waals surface area contributed by atoms with E-state index >= 15 is 0 Å². The number of hydrogen-bond acceptors (Lipinski definition) is 3. The van der Waals surface area contributed by atoms with Gasteiger partial charge in [-0.2, -0.15) is 0 Å². The summed E-state index contributed by atoms with van der Waals surface area (Å²) in [6.45, 7) is 0.892. The molecule has 1 aromatic carbocycles. The first kappa shape index (κ1) is 9.55. The maximum Gasteiger partial charge on any atom is 0.254 e. The average molecular weight is 209 g/mol. The third kappa shape index (κ3) is 1.76. The molecule has 4 heteroatoms. The van der Waals surface area contributed by atoms with Crippen LogP contribution in [0.2, 0.25) is 0 Å². The monoisotopic (exact) mass is 209 g/mol. The molecular formula is C10H11NO2S. The summed E-state index contributed by atoms with van der Waals surface area (Å²) < 4.78 is 0. The van der Waals surface area contributed by atoms with Gasteiger partial charge in [0, 0.05) is 23.5 Å². The lowest BCUT2D eigenvalue weighted by atomic mass is 10.1. The van der Waals surface area contributed by atoms with Gasteiger partial charge >= 0.3 is 0 Å². The van der Waals surface area contributed by atoms with Crippen LogP contribution in [-0.4, -0.2) is 35.1 Å². The van der Waals surface area contributed by atoms with Gasteiger partial charge in [-0.1, -0.05) is 0 Å². The van der Waals surface area contributed by atoms with Crippen LogP contribution in [0.15, 0.2) is 29.2 Å². The predicted molar refractivity (Wildman–Crippen MR) is 55.6 cm³/mol. The largest absolute Gasteiger partial charge is 0.389 e. The van der Waals surface area contributed by atoms with E-state index in [9.17, 15) is 4.79 Å². The van der Waals surface area contributed by atoms with Gasteiger partial charge < -0.3 is 10.0 Å². The molecule has 1 aliphatic heterocycles. The van der Waals surface area contributed by atoms with Gasteiger partial charge in [-0.25, -0.2) is 0 Å². The summed E-state index contributed by atoms with van der Waals surface area (Å²) >= 11 is 4.14. The van der Waals surface area contributed by atoms with Gasteiger partial charge in [-0.15, -0.1) is 12.6 Å². The van der Waals surface area contributed by atoms with E-state index < -0.39 is 0 Å². The van der Waals surface area contributed by atoms with Crippen molar-refractivity contribution in [3.8, 4) is 0 Å². The predicted octanol–water partition coefficient (Wildman–Crippen LogP) is 0.792. The lowest BCUT2D eigenvalue weighted by Crippen LogP contribution is -2.53. The SMILES string of the molecule is O=C(c1ccc(S)cc1)N1CC(O)C1. The lowest BCUT2D eigenvalue weighted by Gasteiger charge is -2.35. The molecule has 0 aliphatic carbocycles. The number of benzene rings is 1. The molecule has 74 valence electrons. The standard InChI is InChI=1S/C10H11NO2S/c12-8-5-11(6-8)10(13)7-1-3-9(14)4-2-7/h1-4,8,12,14H,5-6H2. The Balaban J connectivity index is 2.08. The van der Waals surface area contributed by atoms with Crippen molar-refractivity contribution in [2.75, 3.05) is 13.1 Å². The van der Waals surface area contributed by atoms with Crippen LogP contribution in [-0.2, 0) is 0 Å². The molecule has 14 heavy (non-hydrogen) atoms. The van der Waals surface area contributed by atoms with E-state index in [1.807, 2.05) is 0 Å². The third-order valence-electron chi connectivity index (χ3n) is 2.26. The lowest BCUT2D eigenvalue weighted by molar-refractivity contribution is 0.00589. The van der Waals surface area contributed by atoms with Crippen LogP contribution in [0.5, 0.6) is 0 Å². The molecule has 2 rings (SSSR count). The van der Waals surface area contributed by atoms with E-state index in [4.69, 9.17) is 5.11 Å². The average Bonchev–Trinajstić information content (AvgIpc) is 2.13. The first-order chi connectivity index (χ1) is 6.66. The highest BCUT2D eigenvalue weighted by molar-refractivity contribution is 7.80. The highest BCUT2D eigenvalue weighted by Gasteiger charge is 2.29. The molecular weight excluding hydrogens is 198 g/mol. The Morgan fingerprint density at radius 3 is 2.43 bits per heavy atom. The van der Waals surface area contributed by atoms with E-state index in [2.05, 4.69) is 12.6 Å². The fraction of sp³-hybridized carbons (Fsp3) is 0.300. The maximum atomic E-state index is 11.7. The Hall–Kier alpha value is -1.00. The molecule has 1 fully saturated rings. The van der Waals surface area contributed by atoms with Gasteiger partial charge in [0.2, 0.25) is 0 Å². The minimum absolute atomic E-state index is 0.0244.